The molecule has 0 aromatic carbocycles. The van der Waals surface area contributed by atoms with E-state index in [1.165, 1.54) is 0 Å². The molecule has 1 heterocycles. The van der Waals surface area contributed by atoms with Crippen molar-refractivity contribution in [2.24, 2.45) is 5.73 Å². The quantitative estimate of drug-likeness (QED) is 0.764. The van der Waals surface area contributed by atoms with Crippen LogP contribution in [0.4, 0.5) is 0 Å². The largest absolute Gasteiger partial charge is 0.328 e. The Balaban J connectivity index is 2.37. The van der Waals surface area contributed by atoms with Crippen LogP contribution in [0.3, 0.4) is 0 Å². The standard InChI is InChI=1S/C11H19N3O/c1-3-14-8-10(7-13-14)6-11(15)5-4-9(2)12/h7-9H,3-6,12H2,1-2H3. The second-order valence-electron chi connectivity index (χ2n) is 3.94. The summed E-state index contributed by atoms with van der Waals surface area (Å²) in [6, 6.07) is 0.104. The molecule has 4 heteroatoms. The van der Waals surface area contributed by atoms with Gasteiger partial charge in [0.2, 0.25) is 0 Å². The van der Waals surface area contributed by atoms with Crippen molar-refractivity contribution in [3.8, 4) is 0 Å². The summed E-state index contributed by atoms with van der Waals surface area (Å²) in [6.07, 6.45) is 5.49. The number of aromatic nitrogens is 2. The summed E-state index contributed by atoms with van der Waals surface area (Å²) in [7, 11) is 0. The molecule has 0 bridgehead atoms. The maximum atomic E-state index is 11.5. The van der Waals surface area contributed by atoms with Crippen molar-refractivity contribution in [2.45, 2.75) is 45.7 Å². The Morgan fingerprint density at radius 3 is 2.93 bits per heavy atom. The van der Waals surface area contributed by atoms with Crippen LogP contribution in [0.2, 0.25) is 0 Å². The lowest BCUT2D eigenvalue weighted by atomic mass is 10.1. The Hall–Kier alpha value is -1.16. The van der Waals surface area contributed by atoms with E-state index in [2.05, 4.69) is 5.10 Å². The number of hydrogen-bond acceptors (Lipinski definition) is 3. The predicted octanol–water partition coefficient (Wildman–Crippen LogP) is 1.14. The Labute approximate surface area is 90.5 Å². The smallest absolute Gasteiger partial charge is 0.137 e. The molecule has 1 unspecified atom stereocenters. The van der Waals surface area contributed by atoms with Crippen LogP contribution in [0, 0.1) is 0 Å². The first-order valence-electron chi connectivity index (χ1n) is 5.40. The van der Waals surface area contributed by atoms with Crippen molar-refractivity contribution >= 4 is 5.78 Å². The van der Waals surface area contributed by atoms with Gasteiger partial charge in [0.1, 0.15) is 5.78 Å². The van der Waals surface area contributed by atoms with Gasteiger partial charge in [0.05, 0.1) is 6.20 Å². The molecule has 84 valence electrons. The van der Waals surface area contributed by atoms with E-state index < -0.39 is 0 Å². The van der Waals surface area contributed by atoms with E-state index in [4.69, 9.17) is 5.73 Å². The van der Waals surface area contributed by atoms with Gasteiger partial charge in [-0.05, 0) is 25.8 Å². The molecule has 0 spiro atoms. The third kappa shape index (κ3) is 4.25. The number of carbonyl (C=O) groups excluding carboxylic acids is 1. The predicted molar refractivity (Wildman–Crippen MR) is 59.5 cm³/mol. The van der Waals surface area contributed by atoms with Gasteiger partial charge in [0, 0.05) is 31.6 Å². The molecule has 0 fully saturated rings. The summed E-state index contributed by atoms with van der Waals surface area (Å²) < 4.78 is 1.83. The fraction of sp³-hybridized carbons (Fsp3) is 0.636. The van der Waals surface area contributed by atoms with Crippen LogP contribution in [-0.2, 0) is 17.8 Å². The molecule has 0 radical (unpaired) electrons. The van der Waals surface area contributed by atoms with E-state index in [9.17, 15) is 4.79 Å². The molecular formula is C11H19N3O. The molecule has 0 aliphatic carbocycles. The van der Waals surface area contributed by atoms with Gasteiger partial charge < -0.3 is 5.73 Å². The molecule has 0 aliphatic heterocycles. The van der Waals surface area contributed by atoms with Gasteiger partial charge in [-0.3, -0.25) is 9.48 Å². The second kappa shape index (κ2) is 5.66. The molecule has 1 aromatic heterocycles. The summed E-state index contributed by atoms with van der Waals surface area (Å²) in [5.74, 6) is 0.239. The fourth-order valence-electron chi connectivity index (χ4n) is 1.38. The van der Waals surface area contributed by atoms with E-state index in [1.807, 2.05) is 24.7 Å². The topological polar surface area (TPSA) is 60.9 Å². The zero-order chi connectivity index (χ0) is 11.3. The molecule has 4 nitrogen and oxygen atoms in total. The molecule has 1 rings (SSSR count). The number of hydrogen-bond donors (Lipinski definition) is 1. The van der Waals surface area contributed by atoms with Crippen molar-refractivity contribution in [3.63, 3.8) is 0 Å². The van der Waals surface area contributed by atoms with Crippen molar-refractivity contribution < 1.29 is 4.79 Å². The molecule has 2 N–H and O–H groups in total. The maximum absolute atomic E-state index is 11.5. The van der Waals surface area contributed by atoms with Crippen molar-refractivity contribution in [3.05, 3.63) is 18.0 Å². The lowest BCUT2D eigenvalue weighted by Crippen LogP contribution is -2.16. The SMILES string of the molecule is CCn1cc(CC(=O)CCC(C)N)cn1. The van der Waals surface area contributed by atoms with E-state index in [1.54, 1.807) is 6.20 Å². The molecule has 1 atom stereocenters. The molecule has 1 aromatic rings. The van der Waals surface area contributed by atoms with E-state index in [-0.39, 0.29) is 11.8 Å². The number of rotatable bonds is 6. The van der Waals surface area contributed by atoms with Gasteiger partial charge in [-0.2, -0.15) is 5.10 Å². The average Bonchev–Trinajstić information content (AvgIpc) is 2.62. The summed E-state index contributed by atoms with van der Waals surface area (Å²) in [6.45, 7) is 4.78. The fourth-order valence-corrected chi connectivity index (χ4v) is 1.38. The Morgan fingerprint density at radius 1 is 1.67 bits per heavy atom. The molecular weight excluding hydrogens is 190 g/mol. The zero-order valence-corrected chi connectivity index (χ0v) is 9.44. The first-order valence-corrected chi connectivity index (χ1v) is 5.40. The highest BCUT2D eigenvalue weighted by molar-refractivity contribution is 5.80. The molecule has 15 heavy (non-hydrogen) atoms. The van der Waals surface area contributed by atoms with Gasteiger partial charge in [-0.15, -0.1) is 0 Å². The maximum Gasteiger partial charge on any atom is 0.137 e. The Bertz CT molecular complexity index is 317. The van der Waals surface area contributed by atoms with Crippen molar-refractivity contribution in [1.29, 1.82) is 0 Å². The summed E-state index contributed by atoms with van der Waals surface area (Å²) in [5, 5.41) is 4.12. The number of nitrogens with zero attached hydrogens (tertiary/aromatic N) is 2. The van der Waals surface area contributed by atoms with E-state index in [0.717, 1.165) is 18.5 Å². The van der Waals surface area contributed by atoms with Crippen LogP contribution in [0.1, 0.15) is 32.3 Å². The third-order valence-corrected chi connectivity index (χ3v) is 2.29. The molecule has 0 saturated carbocycles. The van der Waals surface area contributed by atoms with Crippen LogP contribution in [0.25, 0.3) is 0 Å². The van der Waals surface area contributed by atoms with Crippen molar-refractivity contribution in [2.75, 3.05) is 0 Å². The highest BCUT2D eigenvalue weighted by Crippen LogP contribution is 2.04. The molecule has 0 saturated heterocycles. The highest BCUT2D eigenvalue weighted by Gasteiger charge is 2.06. The number of aryl methyl sites for hydroxylation is 1. The van der Waals surface area contributed by atoms with Crippen LogP contribution in [-0.4, -0.2) is 21.6 Å². The monoisotopic (exact) mass is 209 g/mol. The number of Topliss-reactive ketones (excluding diaryl/α,β-unsaturated/α-hetero) is 1. The van der Waals surface area contributed by atoms with Crippen LogP contribution in [0.5, 0.6) is 0 Å². The minimum absolute atomic E-state index is 0.104. The van der Waals surface area contributed by atoms with E-state index >= 15 is 0 Å². The average molecular weight is 209 g/mol. The minimum Gasteiger partial charge on any atom is -0.328 e. The molecule has 0 aliphatic rings. The normalized spacial score (nSPS) is 12.7. The van der Waals surface area contributed by atoms with Crippen molar-refractivity contribution in [1.82, 2.24) is 9.78 Å². The third-order valence-electron chi connectivity index (χ3n) is 2.29. The number of carbonyl (C=O) groups is 1. The van der Waals surface area contributed by atoms with Crippen LogP contribution in [0.15, 0.2) is 12.4 Å². The lowest BCUT2D eigenvalue weighted by molar-refractivity contribution is -0.118. The Morgan fingerprint density at radius 2 is 2.40 bits per heavy atom. The zero-order valence-electron chi connectivity index (χ0n) is 9.44. The van der Waals surface area contributed by atoms with Gasteiger partial charge >= 0.3 is 0 Å². The lowest BCUT2D eigenvalue weighted by Gasteiger charge is -2.02. The summed E-state index contributed by atoms with van der Waals surface area (Å²) in [5.41, 5.74) is 6.58. The van der Waals surface area contributed by atoms with Crippen LogP contribution >= 0.6 is 0 Å². The minimum atomic E-state index is 0.104. The van der Waals surface area contributed by atoms with Gasteiger partial charge in [-0.1, -0.05) is 0 Å². The Kier molecular flexibility index (Phi) is 4.49. The van der Waals surface area contributed by atoms with Gasteiger partial charge in [0.15, 0.2) is 0 Å². The molecule has 0 amide bonds. The summed E-state index contributed by atoms with van der Waals surface area (Å²) in [4.78, 5) is 11.5. The number of nitrogens with two attached hydrogens (primary N) is 1. The second-order valence-corrected chi connectivity index (χ2v) is 3.94. The van der Waals surface area contributed by atoms with Gasteiger partial charge in [-0.25, -0.2) is 0 Å². The van der Waals surface area contributed by atoms with E-state index in [0.29, 0.717) is 12.8 Å². The highest BCUT2D eigenvalue weighted by atomic mass is 16.1. The van der Waals surface area contributed by atoms with Crippen LogP contribution < -0.4 is 5.73 Å². The summed E-state index contributed by atoms with van der Waals surface area (Å²) >= 11 is 0. The number of ketones is 1. The first kappa shape index (κ1) is 11.9. The first-order chi connectivity index (χ1) is 7.11. The van der Waals surface area contributed by atoms with Gasteiger partial charge in [0.25, 0.3) is 0 Å².